The Labute approximate surface area is 108 Å². The molecule has 1 heteroatoms. The van der Waals surface area contributed by atoms with Crippen molar-refractivity contribution in [2.75, 3.05) is 0 Å². The molecule has 0 amide bonds. The van der Waals surface area contributed by atoms with Crippen molar-refractivity contribution < 1.29 is 0 Å². The Hall–Kier alpha value is -0.510. The molecule has 0 N–H and O–H groups in total. The van der Waals surface area contributed by atoms with E-state index in [2.05, 4.69) is 26.8 Å². The maximum absolute atomic E-state index is 9.55. The SMILES string of the molecule is CCCC1CCC(C#N)(CC(CC)CC)CC1. The van der Waals surface area contributed by atoms with Gasteiger partial charge >= 0.3 is 0 Å². The van der Waals surface area contributed by atoms with Crippen LogP contribution >= 0.6 is 0 Å². The quantitative estimate of drug-likeness (QED) is 0.611. The number of nitriles is 1. The molecule has 0 spiro atoms. The second-order valence-corrected chi connectivity index (χ2v) is 6.01. The van der Waals surface area contributed by atoms with E-state index in [4.69, 9.17) is 0 Å². The van der Waals surface area contributed by atoms with Crippen molar-refractivity contribution >= 4 is 0 Å². The Balaban J connectivity index is 2.52. The molecule has 98 valence electrons. The smallest absolute Gasteiger partial charge is 0.0689 e. The van der Waals surface area contributed by atoms with Crippen LogP contribution in [0.15, 0.2) is 0 Å². The topological polar surface area (TPSA) is 23.8 Å². The molecular formula is C16H29N. The Kier molecular flexibility index (Phi) is 6.03. The third-order valence-corrected chi connectivity index (χ3v) is 4.83. The Morgan fingerprint density at radius 3 is 2.18 bits per heavy atom. The van der Waals surface area contributed by atoms with Crippen molar-refractivity contribution in [2.45, 2.75) is 78.6 Å². The molecule has 1 saturated carbocycles. The fraction of sp³-hybridized carbons (Fsp3) is 0.938. The lowest BCUT2D eigenvalue weighted by Gasteiger charge is -2.37. The van der Waals surface area contributed by atoms with Crippen molar-refractivity contribution in [1.82, 2.24) is 0 Å². The highest BCUT2D eigenvalue weighted by atomic mass is 14.4. The number of hydrogen-bond acceptors (Lipinski definition) is 1. The van der Waals surface area contributed by atoms with Gasteiger partial charge in [-0.05, 0) is 43.9 Å². The molecule has 1 nitrogen and oxygen atoms in total. The summed E-state index contributed by atoms with van der Waals surface area (Å²) in [7, 11) is 0. The Morgan fingerprint density at radius 1 is 1.18 bits per heavy atom. The molecule has 0 unspecified atom stereocenters. The zero-order valence-corrected chi connectivity index (χ0v) is 12.0. The van der Waals surface area contributed by atoms with Gasteiger partial charge in [-0.25, -0.2) is 0 Å². The summed E-state index contributed by atoms with van der Waals surface area (Å²) in [6, 6.07) is 2.68. The summed E-state index contributed by atoms with van der Waals surface area (Å²) < 4.78 is 0. The number of rotatable bonds is 6. The number of nitrogens with zero attached hydrogens (tertiary/aromatic N) is 1. The van der Waals surface area contributed by atoms with Gasteiger partial charge in [0.1, 0.15) is 0 Å². The first-order chi connectivity index (χ1) is 8.19. The first-order valence-electron chi connectivity index (χ1n) is 7.61. The third kappa shape index (κ3) is 4.02. The normalized spacial score (nSPS) is 29.2. The van der Waals surface area contributed by atoms with Gasteiger partial charge in [0.25, 0.3) is 0 Å². The third-order valence-electron chi connectivity index (χ3n) is 4.83. The zero-order valence-electron chi connectivity index (χ0n) is 12.0. The molecule has 0 aromatic carbocycles. The van der Waals surface area contributed by atoms with Crippen LogP contribution in [0.3, 0.4) is 0 Å². The van der Waals surface area contributed by atoms with Crippen molar-refractivity contribution in [2.24, 2.45) is 17.3 Å². The summed E-state index contributed by atoms with van der Waals surface area (Å²) in [5.41, 5.74) is 0.0287. The van der Waals surface area contributed by atoms with E-state index in [9.17, 15) is 5.26 Å². The van der Waals surface area contributed by atoms with Crippen LogP contribution in [0.1, 0.15) is 78.6 Å². The van der Waals surface area contributed by atoms with Crippen molar-refractivity contribution in [3.05, 3.63) is 0 Å². The van der Waals surface area contributed by atoms with E-state index in [1.807, 2.05) is 0 Å². The van der Waals surface area contributed by atoms with Crippen LogP contribution in [0.2, 0.25) is 0 Å². The zero-order chi connectivity index (χ0) is 12.7. The summed E-state index contributed by atoms with van der Waals surface area (Å²) in [4.78, 5) is 0. The molecule has 0 atom stereocenters. The van der Waals surface area contributed by atoms with Gasteiger partial charge < -0.3 is 0 Å². The van der Waals surface area contributed by atoms with Crippen LogP contribution in [-0.4, -0.2) is 0 Å². The average molecular weight is 235 g/mol. The van der Waals surface area contributed by atoms with Gasteiger partial charge in [-0.1, -0.05) is 46.5 Å². The van der Waals surface area contributed by atoms with E-state index in [0.29, 0.717) is 0 Å². The molecule has 0 bridgehead atoms. The largest absolute Gasteiger partial charge is 0.198 e. The second-order valence-electron chi connectivity index (χ2n) is 6.01. The molecule has 0 radical (unpaired) electrons. The highest BCUT2D eigenvalue weighted by Crippen LogP contribution is 2.45. The Bertz CT molecular complexity index is 239. The fourth-order valence-corrected chi connectivity index (χ4v) is 3.42. The highest BCUT2D eigenvalue weighted by Gasteiger charge is 2.36. The van der Waals surface area contributed by atoms with Gasteiger partial charge in [-0.2, -0.15) is 5.26 Å². The predicted molar refractivity (Wildman–Crippen MR) is 73.6 cm³/mol. The van der Waals surface area contributed by atoms with Gasteiger partial charge in [0.15, 0.2) is 0 Å². The van der Waals surface area contributed by atoms with Crippen LogP contribution < -0.4 is 0 Å². The van der Waals surface area contributed by atoms with Gasteiger partial charge in [0.2, 0.25) is 0 Å². The summed E-state index contributed by atoms with van der Waals surface area (Å²) in [6.07, 6.45) is 11.2. The lowest BCUT2D eigenvalue weighted by Crippen LogP contribution is -2.28. The fourth-order valence-electron chi connectivity index (χ4n) is 3.42. The van der Waals surface area contributed by atoms with E-state index >= 15 is 0 Å². The molecule has 0 aliphatic heterocycles. The summed E-state index contributed by atoms with van der Waals surface area (Å²) in [6.45, 7) is 6.81. The summed E-state index contributed by atoms with van der Waals surface area (Å²) >= 11 is 0. The van der Waals surface area contributed by atoms with Crippen LogP contribution in [0.4, 0.5) is 0 Å². The molecular weight excluding hydrogens is 206 g/mol. The van der Waals surface area contributed by atoms with Crippen molar-refractivity contribution in [3.8, 4) is 6.07 Å². The molecule has 0 saturated heterocycles. The van der Waals surface area contributed by atoms with Crippen LogP contribution in [-0.2, 0) is 0 Å². The standard InChI is InChI=1S/C16H29N/c1-4-7-15-8-10-16(13-17,11-9-15)12-14(5-2)6-3/h14-15H,4-12H2,1-3H3. The van der Waals surface area contributed by atoms with Crippen LogP contribution in [0.25, 0.3) is 0 Å². The van der Waals surface area contributed by atoms with E-state index in [-0.39, 0.29) is 5.41 Å². The molecule has 0 heterocycles. The minimum Gasteiger partial charge on any atom is -0.198 e. The van der Waals surface area contributed by atoms with E-state index in [1.54, 1.807) is 0 Å². The van der Waals surface area contributed by atoms with Crippen molar-refractivity contribution in [1.29, 1.82) is 5.26 Å². The second kappa shape index (κ2) is 7.04. The van der Waals surface area contributed by atoms with E-state index in [1.165, 1.54) is 38.5 Å². The average Bonchev–Trinajstić information content (AvgIpc) is 2.38. The van der Waals surface area contributed by atoms with Gasteiger partial charge in [-0.3, -0.25) is 0 Å². The first kappa shape index (κ1) is 14.6. The van der Waals surface area contributed by atoms with Crippen molar-refractivity contribution in [3.63, 3.8) is 0 Å². The van der Waals surface area contributed by atoms with E-state index < -0.39 is 0 Å². The molecule has 0 aromatic heterocycles. The minimum atomic E-state index is 0.0287. The van der Waals surface area contributed by atoms with Gasteiger partial charge in [-0.15, -0.1) is 0 Å². The highest BCUT2D eigenvalue weighted by molar-refractivity contribution is 5.02. The first-order valence-corrected chi connectivity index (χ1v) is 7.61. The van der Waals surface area contributed by atoms with Gasteiger partial charge in [0, 0.05) is 0 Å². The number of hydrogen-bond donors (Lipinski definition) is 0. The summed E-state index contributed by atoms with van der Waals surface area (Å²) in [5, 5.41) is 9.55. The maximum Gasteiger partial charge on any atom is 0.0689 e. The Morgan fingerprint density at radius 2 is 1.76 bits per heavy atom. The molecule has 17 heavy (non-hydrogen) atoms. The molecule has 1 aliphatic carbocycles. The van der Waals surface area contributed by atoms with Gasteiger partial charge in [0.05, 0.1) is 11.5 Å². The lowest BCUT2D eigenvalue weighted by molar-refractivity contribution is 0.161. The van der Waals surface area contributed by atoms with Crippen LogP contribution in [0, 0.1) is 28.6 Å². The lowest BCUT2D eigenvalue weighted by atomic mass is 9.66. The monoisotopic (exact) mass is 235 g/mol. The predicted octanol–water partition coefficient (Wildman–Crippen LogP) is 5.31. The molecule has 0 aromatic rings. The van der Waals surface area contributed by atoms with E-state index in [0.717, 1.165) is 31.1 Å². The molecule has 1 aliphatic rings. The molecule has 1 fully saturated rings. The summed E-state index contributed by atoms with van der Waals surface area (Å²) in [5.74, 6) is 1.67. The molecule has 1 rings (SSSR count). The van der Waals surface area contributed by atoms with Crippen LogP contribution in [0.5, 0.6) is 0 Å². The maximum atomic E-state index is 9.55. The minimum absolute atomic E-state index is 0.0287.